The fourth-order valence-corrected chi connectivity index (χ4v) is 5.42. The minimum Gasteiger partial charge on any atom is -0.496 e. The van der Waals surface area contributed by atoms with Gasteiger partial charge >= 0.3 is 6.09 Å². The van der Waals surface area contributed by atoms with Crippen LogP contribution in [0.3, 0.4) is 0 Å². The number of hydrogen-bond acceptors (Lipinski definition) is 9. The van der Waals surface area contributed by atoms with Gasteiger partial charge in [0.2, 0.25) is 5.95 Å². The van der Waals surface area contributed by atoms with Gasteiger partial charge in [0.05, 0.1) is 30.4 Å². The maximum absolute atomic E-state index is 12.4. The number of ether oxygens (including phenoxy) is 2. The average molecular weight is 500 g/mol. The molecule has 0 aromatic carbocycles. The van der Waals surface area contributed by atoms with Crippen LogP contribution in [0.2, 0.25) is 0 Å². The second kappa shape index (κ2) is 9.98. The van der Waals surface area contributed by atoms with E-state index in [4.69, 9.17) is 20.3 Å². The second-order valence-corrected chi connectivity index (χ2v) is 10.8. The van der Waals surface area contributed by atoms with E-state index in [-0.39, 0.29) is 5.95 Å². The summed E-state index contributed by atoms with van der Waals surface area (Å²) in [6, 6.07) is 0. The smallest absolute Gasteiger partial charge is 0.414 e. The predicted octanol–water partition coefficient (Wildman–Crippen LogP) is 3.86. The maximum Gasteiger partial charge on any atom is 0.414 e. The lowest BCUT2D eigenvalue weighted by molar-refractivity contribution is 0.0634. The minimum atomic E-state index is -0.632. The maximum atomic E-state index is 12.4. The van der Waals surface area contributed by atoms with E-state index in [1.54, 1.807) is 25.1 Å². The minimum absolute atomic E-state index is 0.186. The molecule has 3 aromatic rings. The van der Waals surface area contributed by atoms with Gasteiger partial charge < -0.3 is 15.2 Å². The Kier molecular flexibility index (Phi) is 7.18. The molecule has 1 aliphatic heterocycles. The molecule has 35 heavy (non-hydrogen) atoms. The van der Waals surface area contributed by atoms with Crippen molar-refractivity contribution in [2.45, 2.75) is 64.6 Å². The summed E-state index contributed by atoms with van der Waals surface area (Å²) in [4.78, 5) is 26.4. The lowest BCUT2D eigenvalue weighted by atomic mass is 10.0. The Balaban J connectivity index is 1.78. The van der Waals surface area contributed by atoms with Gasteiger partial charge in [0.25, 0.3) is 0 Å². The van der Waals surface area contributed by atoms with Crippen molar-refractivity contribution in [1.29, 1.82) is 0 Å². The topological polar surface area (TPSA) is 130 Å². The van der Waals surface area contributed by atoms with Crippen molar-refractivity contribution in [3.05, 3.63) is 28.7 Å². The Labute approximate surface area is 209 Å². The summed E-state index contributed by atoms with van der Waals surface area (Å²) < 4.78 is 12.8. The number of rotatable bonds is 6. The summed E-state index contributed by atoms with van der Waals surface area (Å²) in [5, 5.41) is 9.35. The Morgan fingerprint density at radius 1 is 1.31 bits per heavy atom. The second-order valence-electron chi connectivity index (χ2n) is 9.79. The fraction of sp³-hybridized carbons (Fsp3) is 0.542. The van der Waals surface area contributed by atoms with Crippen molar-refractivity contribution in [3.8, 4) is 5.75 Å². The number of aryl methyl sites for hydroxylation is 1. The van der Waals surface area contributed by atoms with Gasteiger partial charge in [0.15, 0.2) is 5.65 Å². The molecule has 0 radical (unpaired) electrons. The molecule has 1 aliphatic rings. The van der Waals surface area contributed by atoms with E-state index in [1.807, 2.05) is 39.3 Å². The lowest BCUT2D eigenvalue weighted by Crippen LogP contribution is -2.28. The monoisotopic (exact) mass is 499 g/mol. The first-order valence-electron chi connectivity index (χ1n) is 11.7. The number of pyridine rings is 1. The molecule has 1 unspecified atom stereocenters. The van der Waals surface area contributed by atoms with Crippen LogP contribution in [0.1, 0.15) is 49.7 Å². The molecule has 4 heterocycles. The number of nitrogens with zero attached hydrogens (tertiary/aromatic N) is 5. The van der Waals surface area contributed by atoms with E-state index in [1.165, 1.54) is 0 Å². The molecule has 0 bridgehead atoms. The van der Waals surface area contributed by atoms with Crippen molar-refractivity contribution in [2.75, 3.05) is 24.7 Å². The van der Waals surface area contributed by atoms with Gasteiger partial charge in [-0.15, -0.1) is 11.8 Å². The van der Waals surface area contributed by atoms with Gasteiger partial charge in [-0.2, -0.15) is 10.1 Å². The number of thioether (sulfide) groups is 1. The van der Waals surface area contributed by atoms with Gasteiger partial charge in [-0.05, 0) is 59.9 Å². The van der Waals surface area contributed by atoms with Crippen LogP contribution in [0.4, 0.5) is 10.7 Å². The molecule has 0 saturated carbocycles. The van der Waals surface area contributed by atoms with Gasteiger partial charge in [-0.3, -0.25) is 10.3 Å². The van der Waals surface area contributed by atoms with Crippen molar-refractivity contribution in [1.82, 2.24) is 24.7 Å². The highest BCUT2D eigenvalue weighted by Gasteiger charge is 2.27. The molecular weight excluding hydrogens is 466 g/mol. The Hall–Kier alpha value is -2.92. The fourth-order valence-electron chi connectivity index (χ4n) is 4.24. The van der Waals surface area contributed by atoms with E-state index in [9.17, 15) is 4.79 Å². The van der Waals surface area contributed by atoms with Crippen molar-refractivity contribution in [2.24, 2.45) is 11.7 Å². The molecule has 1 amide bonds. The van der Waals surface area contributed by atoms with Crippen LogP contribution in [0, 0.1) is 19.8 Å². The molecule has 1 atom stereocenters. The van der Waals surface area contributed by atoms with E-state index < -0.39 is 11.7 Å². The summed E-state index contributed by atoms with van der Waals surface area (Å²) in [5.74, 6) is 2.26. The molecule has 0 aliphatic carbocycles. The highest BCUT2D eigenvalue weighted by Crippen LogP contribution is 2.36. The largest absolute Gasteiger partial charge is 0.496 e. The number of hydrogen-bond donors (Lipinski definition) is 2. The number of amides is 1. The zero-order valence-corrected chi connectivity index (χ0v) is 22.0. The third-order valence-corrected chi connectivity index (χ3v) is 7.01. The number of aromatic nitrogens is 5. The Morgan fingerprint density at radius 2 is 2.09 bits per heavy atom. The molecule has 10 nitrogen and oxygen atoms in total. The lowest BCUT2D eigenvalue weighted by Gasteiger charge is -2.19. The average Bonchev–Trinajstić information content (AvgIpc) is 2.99. The Morgan fingerprint density at radius 3 is 2.77 bits per heavy atom. The first-order valence-corrected chi connectivity index (χ1v) is 12.7. The van der Waals surface area contributed by atoms with Crippen LogP contribution < -0.4 is 15.8 Å². The molecule has 3 N–H and O–H groups in total. The molecule has 0 saturated heterocycles. The van der Waals surface area contributed by atoms with E-state index in [0.717, 1.165) is 57.3 Å². The number of methoxy groups -OCH3 is 1. The highest BCUT2D eigenvalue weighted by atomic mass is 32.2. The predicted molar refractivity (Wildman–Crippen MR) is 136 cm³/mol. The van der Waals surface area contributed by atoms with Crippen LogP contribution in [-0.2, 0) is 17.7 Å². The van der Waals surface area contributed by atoms with Crippen molar-refractivity contribution in [3.63, 3.8) is 0 Å². The Bertz CT molecular complexity index is 1250. The summed E-state index contributed by atoms with van der Waals surface area (Å²) in [6.07, 6.45) is 2.91. The summed E-state index contributed by atoms with van der Waals surface area (Å²) in [7, 11) is 1.66. The van der Waals surface area contributed by atoms with Crippen molar-refractivity contribution < 1.29 is 14.3 Å². The third-order valence-electron chi connectivity index (χ3n) is 5.81. The molecule has 3 aromatic heterocycles. The molecule has 11 heteroatoms. The molecule has 188 valence electrons. The summed E-state index contributed by atoms with van der Waals surface area (Å²) in [6.45, 7) is 10.4. The van der Waals surface area contributed by atoms with Crippen molar-refractivity contribution >= 4 is 34.8 Å². The molecular formula is C24H33N7O3S. The molecule has 4 rings (SSSR count). The van der Waals surface area contributed by atoms with Gasteiger partial charge in [0, 0.05) is 23.1 Å². The highest BCUT2D eigenvalue weighted by molar-refractivity contribution is 7.99. The number of carbonyl (C=O) groups is 1. The molecule has 0 fully saturated rings. The first kappa shape index (κ1) is 25.2. The third kappa shape index (κ3) is 5.51. The first-order chi connectivity index (χ1) is 16.6. The number of anilines is 1. The van der Waals surface area contributed by atoms with Crippen LogP contribution in [-0.4, -0.2) is 55.8 Å². The van der Waals surface area contributed by atoms with Crippen LogP contribution in [0.15, 0.2) is 11.2 Å². The standard InChI is InChI=1S/C24H33N7O3S/c1-13-10-26-17(14(2)19(13)33-6)11-31-20-18-16(30-31)9-15(7-8-25)12-35-21(18)28-22(27-20)29-23(32)34-24(3,4)5/h10,15H,7-9,11-12,25H2,1-6H3,(H,27,28,29,32). The zero-order chi connectivity index (χ0) is 25.3. The van der Waals surface area contributed by atoms with Gasteiger partial charge in [0.1, 0.15) is 16.4 Å². The van der Waals surface area contributed by atoms with Gasteiger partial charge in [-0.1, -0.05) is 0 Å². The van der Waals surface area contributed by atoms with Crippen LogP contribution in [0.25, 0.3) is 11.0 Å². The summed E-state index contributed by atoms with van der Waals surface area (Å²) >= 11 is 1.65. The zero-order valence-electron chi connectivity index (χ0n) is 21.1. The number of nitrogens with one attached hydrogen (secondary N) is 1. The van der Waals surface area contributed by atoms with Gasteiger partial charge in [-0.25, -0.2) is 14.5 Å². The van der Waals surface area contributed by atoms with Crippen LogP contribution in [0.5, 0.6) is 5.75 Å². The SMILES string of the molecule is COc1c(C)cnc(Cn2nc3c4c(nc(NC(=O)OC(C)(C)C)nc42)SCC(CCN)C3)c1C. The number of nitrogens with two attached hydrogens (primary N) is 1. The van der Waals surface area contributed by atoms with E-state index in [0.29, 0.717) is 24.7 Å². The van der Waals surface area contributed by atoms with E-state index >= 15 is 0 Å². The quantitative estimate of drug-likeness (QED) is 0.486. The van der Waals surface area contributed by atoms with Crippen LogP contribution >= 0.6 is 11.8 Å². The molecule has 0 spiro atoms. The normalized spacial score (nSPS) is 15.7. The van der Waals surface area contributed by atoms with E-state index in [2.05, 4.69) is 20.3 Å². The summed E-state index contributed by atoms with van der Waals surface area (Å²) in [5.41, 5.74) is 9.60. The number of carbonyl (C=O) groups excluding carboxylic acids is 1.